The summed E-state index contributed by atoms with van der Waals surface area (Å²) in [5, 5.41) is 17.4. The minimum atomic E-state index is -0.506. The molecule has 3 rings (SSSR count). The fraction of sp³-hybridized carbons (Fsp3) is 0.111. The lowest BCUT2D eigenvalue weighted by Gasteiger charge is -2.07. The summed E-state index contributed by atoms with van der Waals surface area (Å²) in [6, 6.07) is 9.73. The van der Waals surface area contributed by atoms with Crippen LogP contribution in [0.4, 0.5) is 5.69 Å². The maximum Gasteiger partial charge on any atom is 0.273 e. The SMILES string of the molecule is Cc1c(C(=O)NCc2ccc(C(=O)c3ccsc3)s2)cccc1[N+](=O)[O-]. The number of hydrogen-bond acceptors (Lipinski definition) is 6. The van der Waals surface area contributed by atoms with Gasteiger partial charge in [-0.1, -0.05) is 6.07 Å². The standard InChI is InChI=1S/C18H14N2O4S2/c1-11-14(3-2-4-15(11)20(23)24)18(22)19-9-13-5-6-16(26-13)17(21)12-7-8-25-10-12/h2-8,10H,9H2,1H3,(H,19,22). The Morgan fingerprint density at radius 1 is 1.19 bits per heavy atom. The Labute approximate surface area is 157 Å². The van der Waals surface area contributed by atoms with Crippen LogP contribution >= 0.6 is 22.7 Å². The van der Waals surface area contributed by atoms with Crippen molar-refractivity contribution in [3.05, 3.63) is 83.7 Å². The monoisotopic (exact) mass is 386 g/mol. The number of ketones is 1. The topological polar surface area (TPSA) is 89.3 Å². The van der Waals surface area contributed by atoms with Gasteiger partial charge in [-0.2, -0.15) is 11.3 Å². The first-order chi connectivity index (χ1) is 12.5. The van der Waals surface area contributed by atoms with Crippen LogP contribution in [0.2, 0.25) is 0 Å². The van der Waals surface area contributed by atoms with Gasteiger partial charge >= 0.3 is 0 Å². The van der Waals surface area contributed by atoms with Crippen LogP contribution < -0.4 is 5.32 Å². The Balaban J connectivity index is 1.68. The van der Waals surface area contributed by atoms with Crippen molar-refractivity contribution < 1.29 is 14.5 Å². The smallest absolute Gasteiger partial charge is 0.273 e. The third kappa shape index (κ3) is 3.71. The summed E-state index contributed by atoms with van der Waals surface area (Å²) >= 11 is 2.79. The average molecular weight is 386 g/mol. The van der Waals surface area contributed by atoms with E-state index in [1.165, 1.54) is 34.8 Å². The summed E-state index contributed by atoms with van der Waals surface area (Å²) in [6.45, 7) is 1.80. The molecular formula is C18H14N2O4S2. The lowest BCUT2D eigenvalue weighted by molar-refractivity contribution is -0.385. The molecule has 1 amide bonds. The highest BCUT2D eigenvalue weighted by atomic mass is 32.1. The Bertz CT molecular complexity index is 977. The fourth-order valence-electron chi connectivity index (χ4n) is 2.46. The van der Waals surface area contributed by atoms with Gasteiger partial charge in [0.05, 0.1) is 16.3 Å². The number of thiophene rings is 2. The number of nitro groups is 1. The van der Waals surface area contributed by atoms with Crippen LogP contribution in [0.5, 0.6) is 0 Å². The van der Waals surface area contributed by atoms with Crippen LogP contribution in [0, 0.1) is 17.0 Å². The zero-order chi connectivity index (χ0) is 18.7. The third-order valence-electron chi connectivity index (χ3n) is 3.84. The molecule has 1 N–H and O–H groups in total. The molecule has 0 aliphatic rings. The van der Waals surface area contributed by atoms with E-state index < -0.39 is 4.92 Å². The van der Waals surface area contributed by atoms with Crippen molar-refractivity contribution in [2.24, 2.45) is 0 Å². The van der Waals surface area contributed by atoms with Crippen LogP contribution in [0.1, 0.15) is 36.0 Å². The second kappa shape index (κ2) is 7.59. The highest BCUT2D eigenvalue weighted by molar-refractivity contribution is 7.14. The van der Waals surface area contributed by atoms with Crippen molar-refractivity contribution >= 4 is 40.1 Å². The van der Waals surface area contributed by atoms with Crippen molar-refractivity contribution in [2.75, 3.05) is 0 Å². The fourth-order valence-corrected chi connectivity index (χ4v) is 4.01. The van der Waals surface area contributed by atoms with E-state index in [4.69, 9.17) is 0 Å². The Kier molecular flexibility index (Phi) is 5.24. The van der Waals surface area contributed by atoms with Crippen molar-refractivity contribution in [1.29, 1.82) is 0 Å². The number of carbonyl (C=O) groups is 2. The van der Waals surface area contributed by atoms with E-state index in [1.54, 1.807) is 36.6 Å². The molecule has 0 radical (unpaired) electrons. The van der Waals surface area contributed by atoms with Gasteiger partial charge < -0.3 is 5.32 Å². The highest BCUT2D eigenvalue weighted by Gasteiger charge is 2.18. The van der Waals surface area contributed by atoms with Gasteiger partial charge in [0.2, 0.25) is 5.78 Å². The van der Waals surface area contributed by atoms with Crippen LogP contribution in [0.3, 0.4) is 0 Å². The number of nitrogens with one attached hydrogen (secondary N) is 1. The third-order valence-corrected chi connectivity index (χ3v) is 5.61. The molecule has 0 atom stereocenters. The zero-order valence-corrected chi connectivity index (χ0v) is 15.4. The van der Waals surface area contributed by atoms with E-state index in [1.807, 2.05) is 5.38 Å². The molecule has 26 heavy (non-hydrogen) atoms. The van der Waals surface area contributed by atoms with Crippen LogP contribution in [0.25, 0.3) is 0 Å². The second-order valence-electron chi connectivity index (χ2n) is 5.50. The number of nitrogens with zero attached hydrogens (tertiary/aromatic N) is 1. The first-order valence-corrected chi connectivity index (χ1v) is 9.41. The van der Waals surface area contributed by atoms with Crippen LogP contribution in [0.15, 0.2) is 47.2 Å². The highest BCUT2D eigenvalue weighted by Crippen LogP contribution is 2.23. The number of hydrogen-bond donors (Lipinski definition) is 1. The van der Waals surface area contributed by atoms with Gasteiger partial charge in [0.25, 0.3) is 11.6 Å². The quantitative estimate of drug-likeness (QED) is 0.391. The van der Waals surface area contributed by atoms with E-state index in [-0.39, 0.29) is 29.5 Å². The largest absolute Gasteiger partial charge is 0.347 e. The minimum absolute atomic E-state index is 0.0386. The average Bonchev–Trinajstić information content (AvgIpc) is 3.31. The van der Waals surface area contributed by atoms with Crippen molar-refractivity contribution in [3.8, 4) is 0 Å². The van der Waals surface area contributed by atoms with E-state index in [9.17, 15) is 19.7 Å². The summed E-state index contributed by atoms with van der Waals surface area (Å²) in [6.07, 6.45) is 0. The van der Waals surface area contributed by atoms with E-state index >= 15 is 0 Å². The van der Waals surface area contributed by atoms with E-state index in [2.05, 4.69) is 5.32 Å². The van der Waals surface area contributed by atoms with Gasteiger partial charge in [-0.15, -0.1) is 11.3 Å². The zero-order valence-electron chi connectivity index (χ0n) is 13.7. The summed E-state index contributed by atoms with van der Waals surface area (Å²) in [7, 11) is 0. The number of amides is 1. The van der Waals surface area contributed by atoms with E-state index in [0.717, 1.165) is 4.88 Å². The van der Waals surface area contributed by atoms with Crippen LogP contribution in [-0.2, 0) is 6.54 Å². The molecule has 0 spiro atoms. The van der Waals surface area contributed by atoms with Gasteiger partial charge in [0, 0.05) is 33.0 Å². The molecule has 3 aromatic rings. The predicted molar refractivity (Wildman–Crippen MR) is 101 cm³/mol. The molecule has 0 aliphatic heterocycles. The molecule has 2 heterocycles. The molecule has 0 saturated carbocycles. The van der Waals surface area contributed by atoms with Gasteiger partial charge in [0.15, 0.2) is 0 Å². The van der Waals surface area contributed by atoms with Crippen LogP contribution in [-0.4, -0.2) is 16.6 Å². The minimum Gasteiger partial charge on any atom is -0.347 e. The first-order valence-electron chi connectivity index (χ1n) is 7.65. The first kappa shape index (κ1) is 18.0. The maximum absolute atomic E-state index is 12.3. The molecule has 132 valence electrons. The van der Waals surface area contributed by atoms with Crippen molar-refractivity contribution in [3.63, 3.8) is 0 Å². The molecule has 6 nitrogen and oxygen atoms in total. The summed E-state index contributed by atoms with van der Waals surface area (Å²) in [4.78, 5) is 36.6. The number of nitro benzene ring substituents is 1. The predicted octanol–water partition coefficient (Wildman–Crippen LogP) is 4.19. The van der Waals surface area contributed by atoms with Gasteiger partial charge in [0.1, 0.15) is 0 Å². The number of carbonyl (C=O) groups excluding carboxylic acids is 2. The van der Waals surface area contributed by atoms with Gasteiger partial charge in [-0.3, -0.25) is 19.7 Å². The normalized spacial score (nSPS) is 10.5. The molecule has 0 fully saturated rings. The number of benzene rings is 1. The van der Waals surface area contributed by atoms with Gasteiger partial charge in [-0.25, -0.2) is 0 Å². The maximum atomic E-state index is 12.3. The molecule has 0 bridgehead atoms. The van der Waals surface area contributed by atoms with Gasteiger partial charge in [-0.05, 0) is 36.6 Å². The number of rotatable bonds is 6. The van der Waals surface area contributed by atoms with Crippen molar-refractivity contribution in [1.82, 2.24) is 5.32 Å². The molecule has 2 aromatic heterocycles. The molecular weight excluding hydrogens is 372 g/mol. The van der Waals surface area contributed by atoms with Crippen molar-refractivity contribution in [2.45, 2.75) is 13.5 Å². The molecule has 8 heteroatoms. The molecule has 1 aromatic carbocycles. The Morgan fingerprint density at radius 3 is 2.69 bits per heavy atom. The molecule has 0 unspecified atom stereocenters. The van der Waals surface area contributed by atoms with E-state index in [0.29, 0.717) is 16.0 Å². The molecule has 0 aliphatic carbocycles. The molecule has 0 saturated heterocycles. The lowest BCUT2D eigenvalue weighted by Crippen LogP contribution is -2.23. The Morgan fingerprint density at radius 2 is 2.00 bits per heavy atom. The Hall–Kier alpha value is -2.84. The lowest BCUT2D eigenvalue weighted by atomic mass is 10.1. The summed E-state index contributed by atoms with van der Waals surface area (Å²) in [5.41, 5.74) is 1.16. The summed E-state index contributed by atoms with van der Waals surface area (Å²) in [5.74, 6) is -0.423. The summed E-state index contributed by atoms with van der Waals surface area (Å²) < 4.78 is 0. The second-order valence-corrected chi connectivity index (χ2v) is 7.44.